The van der Waals surface area contributed by atoms with Gasteiger partial charge < -0.3 is 10.1 Å². The summed E-state index contributed by atoms with van der Waals surface area (Å²) in [5.41, 5.74) is 1.76. The Morgan fingerprint density at radius 3 is 2.81 bits per heavy atom. The molecule has 0 aliphatic heterocycles. The third kappa shape index (κ3) is 4.21. The van der Waals surface area contributed by atoms with Gasteiger partial charge in [-0.15, -0.1) is 0 Å². The van der Waals surface area contributed by atoms with E-state index in [1.807, 2.05) is 6.07 Å². The summed E-state index contributed by atoms with van der Waals surface area (Å²) in [6, 6.07) is 9.57. The summed E-state index contributed by atoms with van der Waals surface area (Å²) < 4.78 is 5.33. The predicted octanol–water partition coefficient (Wildman–Crippen LogP) is 3.29. The number of nitrogens with zero attached hydrogens (tertiary/aromatic N) is 1. The maximum absolute atomic E-state index is 5.33. The first-order valence-electron chi connectivity index (χ1n) is 7.95. The van der Waals surface area contributed by atoms with Gasteiger partial charge in [0.15, 0.2) is 0 Å². The van der Waals surface area contributed by atoms with Crippen LogP contribution in [-0.2, 0) is 6.54 Å². The molecule has 1 aliphatic carbocycles. The Kier molecular flexibility index (Phi) is 5.28. The van der Waals surface area contributed by atoms with E-state index in [0.717, 1.165) is 12.3 Å². The summed E-state index contributed by atoms with van der Waals surface area (Å²) in [5.74, 6) is 0.940. The van der Waals surface area contributed by atoms with Gasteiger partial charge in [0.05, 0.1) is 7.11 Å². The van der Waals surface area contributed by atoms with Gasteiger partial charge in [0.25, 0.3) is 0 Å². The average molecular weight is 290 g/mol. The zero-order valence-electron chi connectivity index (χ0n) is 14.1. The quantitative estimate of drug-likeness (QED) is 0.900. The highest BCUT2D eigenvalue weighted by Gasteiger charge is 2.36. The molecular weight excluding hydrogens is 260 g/mol. The van der Waals surface area contributed by atoms with Gasteiger partial charge in [-0.3, -0.25) is 4.90 Å². The molecule has 0 aromatic heterocycles. The van der Waals surface area contributed by atoms with Gasteiger partial charge in [-0.1, -0.05) is 26.0 Å². The second-order valence-electron chi connectivity index (χ2n) is 7.14. The van der Waals surface area contributed by atoms with Crippen molar-refractivity contribution >= 4 is 0 Å². The summed E-state index contributed by atoms with van der Waals surface area (Å²) >= 11 is 0. The van der Waals surface area contributed by atoms with E-state index < -0.39 is 0 Å². The molecule has 2 rings (SSSR count). The van der Waals surface area contributed by atoms with Crippen molar-refractivity contribution in [1.82, 2.24) is 10.2 Å². The van der Waals surface area contributed by atoms with E-state index in [-0.39, 0.29) is 0 Å². The number of methoxy groups -OCH3 is 1. The highest BCUT2D eigenvalue weighted by Crippen LogP contribution is 2.37. The lowest BCUT2D eigenvalue weighted by atomic mass is 9.72. The molecule has 0 spiro atoms. The van der Waals surface area contributed by atoms with E-state index in [4.69, 9.17) is 4.74 Å². The number of rotatable bonds is 5. The molecule has 1 N–H and O–H groups in total. The van der Waals surface area contributed by atoms with Crippen LogP contribution in [0.2, 0.25) is 0 Å². The number of nitrogens with one attached hydrogen (secondary N) is 1. The summed E-state index contributed by atoms with van der Waals surface area (Å²) in [5, 5.41) is 3.51. The van der Waals surface area contributed by atoms with Crippen LogP contribution in [0.1, 0.15) is 38.7 Å². The van der Waals surface area contributed by atoms with Gasteiger partial charge >= 0.3 is 0 Å². The maximum atomic E-state index is 5.33. The molecule has 1 fully saturated rings. The smallest absolute Gasteiger partial charge is 0.119 e. The molecule has 0 bridgehead atoms. The van der Waals surface area contributed by atoms with E-state index in [2.05, 4.69) is 56.4 Å². The molecule has 1 aromatic carbocycles. The molecule has 21 heavy (non-hydrogen) atoms. The van der Waals surface area contributed by atoms with Gasteiger partial charge in [-0.2, -0.15) is 0 Å². The zero-order chi connectivity index (χ0) is 15.5. The molecular formula is C18H30N2O. The van der Waals surface area contributed by atoms with E-state index in [0.29, 0.717) is 17.5 Å². The molecule has 3 nitrogen and oxygen atoms in total. The monoisotopic (exact) mass is 290 g/mol. The predicted molar refractivity (Wildman–Crippen MR) is 88.7 cm³/mol. The normalized spacial score (nSPS) is 25.0. The third-order valence-electron chi connectivity index (χ3n) is 4.86. The Morgan fingerprint density at radius 1 is 1.38 bits per heavy atom. The fourth-order valence-electron chi connectivity index (χ4n) is 3.52. The van der Waals surface area contributed by atoms with Gasteiger partial charge in [-0.25, -0.2) is 0 Å². The summed E-state index contributed by atoms with van der Waals surface area (Å²) in [6.07, 6.45) is 3.82. The number of likely N-dealkylation sites (N-methyl/N-ethyl adjacent to an activating group) is 2. The van der Waals surface area contributed by atoms with Crippen molar-refractivity contribution in [3.63, 3.8) is 0 Å². The standard InChI is InChI=1S/C18H30N2O/c1-18(2)10-9-16(19-3)17(12-18)20(4)13-14-7-6-8-15(11-14)21-5/h6-8,11,16-17,19H,9-10,12-13H2,1-5H3. The fourth-order valence-corrected chi connectivity index (χ4v) is 3.52. The molecule has 1 aliphatic rings. The Labute approximate surface area is 129 Å². The van der Waals surface area contributed by atoms with Crippen LogP contribution in [0.5, 0.6) is 5.75 Å². The molecule has 2 atom stereocenters. The number of hydrogen-bond donors (Lipinski definition) is 1. The lowest BCUT2D eigenvalue weighted by Gasteiger charge is -2.45. The molecule has 0 saturated heterocycles. The molecule has 3 heteroatoms. The summed E-state index contributed by atoms with van der Waals surface area (Å²) in [4.78, 5) is 2.50. The molecule has 0 amide bonds. The van der Waals surface area contributed by atoms with Crippen molar-refractivity contribution in [2.45, 2.75) is 51.7 Å². The molecule has 1 saturated carbocycles. The number of benzene rings is 1. The van der Waals surface area contributed by atoms with Gasteiger partial charge in [0.1, 0.15) is 5.75 Å². The second kappa shape index (κ2) is 6.80. The third-order valence-corrected chi connectivity index (χ3v) is 4.86. The Bertz CT molecular complexity index is 458. The molecule has 0 heterocycles. The Balaban J connectivity index is 2.07. The lowest BCUT2D eigenvalue weighted by Crippen LogP contribution is -2.52. The van der Waals surface area contributed by atoms with Crippen molar-refractivity contribution < 1.29 is 4.74 Å². The van der Waals surface area contributed by atoms with Crippen molar-refractivity contribution in [3.05, 3.63) is 29.8 Å². The summed E-state index contributed by atoms with van der Waals surface area (Å²) in [7, 11) is 6.06. The van der Waals surface area contributed by atoms with Crippen molar-refractivity contribution in [2.24, 2.45) is 5.41 Å². The number of hydrogen-bond acceptors (Lipinski definition) is 3. The van der Waals surface area contributed by atoms with E-state index >= 15 is 0 Å². The highest BCUT2D eigenvalue weighted by atomic mass is 16.5. The topological polar surface area (TPSA) is 24.5 Å². The lowest BCUT2D eigenvalue weighted by molar-refractivity contribution is 0.0804. The Morgan fingerprint density at radius 2 is 2.14 bits per heavy atom. The largest absolute Gasteiger partial charge is 0.497 e. The zero-order valence-corrected chi connectivity index (χ0v) is 14.1. The SMILES string of the molecule is CNC1CCC(C)(C)CC1N(C)Cc1cccc(OC)c1. The second-order valence-corrected chi connectivity index (χ2v) is 7.14. The van der Waals surface area contributed by atoms with Crippen LogP contribution in [0.3, 0.4) is 0 Å². The number of ether oxygens (including phenoxy) is 1. The van der Waals surface area contributed by atoms with Crippen LogP contribution in [0.4, 0.5) is 0 Å². The molecule has 2 unspecified atom stereocenters. The van der Waals surface area contributed by atoms with Gasteiger partial charge in [0.2, 0.25) is 0 Å². The first-order chi connectivity index (χ1) is 9.95. The van der Waals surface area contributed by atoms with Crippen LogP contribution < -0.4 is 10.1 Å². The van der Waals surface area contributed by atoms with E-state index in [9.17, 15) is 0 Å². The van der Waals surface area contributed by atoms with Crippen molar-refractivity contribution in [2.75, 3.05) is 21.2 Å². The maximum Gasteiger partial charge on any atom is 0.119 e. The van der Waals surface area contributed by atoms with Crippen LogP contribution in [0.15, 0.2) is 24.3 Å². The van der Waals surface area contributed by atoms with E-state index in [1.165, 1.54) is 24.8 Å². The molecule has 118 valence electrons. The van der Waals surface area contributed by atoms with Crippen LogP contribution in [0, 0.1) is 5.41 Å². The first-order valence-corrected chi connectivity index (χ1v) is 7.95. The van der Waals surface area contributed by atoms with Crippen molar-refractivity contribution in [3.8, 4) is 5.75 Å². The van der Waals surface area contributed by atoms with Crippen LogP contribution in [0.25, 0.3) is 0 Å². The van der Waals surface area contributed by atoms with Gasteiger partial charge in [0, 0.05) is 18.6 Å². The highest BCUT2D eigenvalue weighted by molar-refractivity contribution is 5.28. The van der Waals surface area contributed by atoms with Crippen molar-refractivity contribution in [1.29, 1.82) is 0 Å². The summed E-state index contributed by atoms with van der Waals surface area (Å²) in [6.45, 7) is 5.76. The molecule has 1 aromatic rings. The fraction of sp³-hybridized carbons (Fsp3) is 0.667. The first kappa shape index (κ1) is 16.3. The minimum absolute atomic E-state index is 0.445. The van der Waals surface area contributed by atoms with Gasteiger partial charge in [-0.05, 0) is 56.5 Å². The minimum Gasteiger partial charge on any atom is -0.497 e. The minimum atomic E-state index is 0.445. The van der Waals surface area contributed by atoms with E-state index in [1.54, 1.807) is 7.11 Å². The Hall–Kier alpha value is -1.06. The average Bonchev–Trinajstić information content (AvgIpc) is 2.46. The van der Waals surface area contributed by atoms with Crippen LogP contribution >= 0.6 is 0 Å². The van der Waals surface area contributed by atoms with Crippen LogP contribution in [-0.4, -0.2) is 38.2 Å². The molecule has 0 radical (unpaired) electrons.